The molecule has 17 heavy (non-hydrogen) atoms. The zero-order valence-electron chi connectivity index (χ0n) is 10.0. The molecule has 0 aromatic carbocycles. The quantitative estimate of drug-likeness (QED) is 0.448. The monoisotopic (exact) mass is 239 g/mol. The van der Waals surface area contributed by atoms with Crippen molar-refractivity contribution in [2.24, 2.45) is 0 Å². The van der Waals surface area contributed by atoms with Crippen LogP contribution in [0, 0.1) is 10.1 Å². The zero-order valence-corrected chi connectivity index (χ0v) is 10.0. The second kappa shape index (κ2) is 6.80. The van der Waals surface area contributed by atoms with E-state index < -0.39 is 4.92 Å². The maximum atomic E-state index is 10.7. The Morgan fingerprint density at radius 1 is 1.59 bits per heavy atom. The topological polar surface area (TPSA) is 77.3 Å². The molecule has 0 aliphatic rings. The lowest BCUT2D eigenvalue weighted by Crippen LogP contribution is -2.10. The van der Waals surface area contributed by atoms with E-state index in [0.29, 0.717) is 19.0 Å². The minimum atomic E-state index is -0.444. The third-order valence-corrected chi connectivity index (χ3v) is 2.05. The van der Waals surface area contributed by atoms with Crippen LogP contribution in [0.15, 0.2) is 18.3 Å². The van der Waals surface area contributed by atoms with E-state index in [9.17, 15) is 10.1 Å². The summed E-state index contributed by atoms with van der Waals surface area (Å²) in [5.41, 5.74) is -0.00252. The SMILES string of the molecule is CC(C)OCCCNc1ncccc1[N+](=O)[O-]. The standard InChI is InChI=1S/C11H17N3O3/c1-9(2)17-8-4-7-13-11-10(14(15)16)5-3-6-12-11/h3,5-6,9H,4,7-8H2,1-2H3,(H,12,13). The molecule has 0 aliphatic carbocycles. The summed E-state index contributed by atoms with van der Waals surface area (Å²) in [5.74, 6) is 0.307. The summed E-state index contributed by atoms with van der Waals surface area (Å²) in [6.07, 6.45) is 2.52. The van der Waals surface area contributed by atoms with Crippen molar-refractivity contribution in [3.8, 4) is 0 Å². The van der Waals surface area contributed by atoms with Crippen molar-refractivity contribution in [2.75, 3.05) is 18.5 Å². The van der Waals surface area contributed by atoms with Crippen molar-refractivity contribution >= 4 is 11.5 Å². The fourth-order valence-electron chi connectivity index (χ4n) is 1.28. The number of hydrogen-bond acceptors (Lipinski definition) is 5. The summed E-state index contributed by atoms with van der Waals surface area (Å²) in [4.78, 5) is 14.2. The van der Waals surface area contributed by atoms with Crippen molar-refractivity contribution in [1.29, 1.82) is 0 Å². The first kappa shape index (κ1) is 13.4. The van der Waals surface area contributed by atoms with Crippen molar-refractivity contribution in [2.45, 2.75) is 26.4 Å². The van der Waals surface area contributed by atoms with Gasteiger partial charge in [-0.15, -0.1) is 0 Å². The van der Waals surface area contributed by atoms with Gasteiger partial charge in [0.2, 0.25) is 5.82 Å². The van der Waals surface area contributed by atoms with Crippen LogP contribution in [0.3, 0.4) is 0 Å². The summed E-state index contributed by atoms with van der Waals surface area (Å²) < 4.78 is 5.36. The highest BCUT2D eigenvalue weighted by atomic mass is 16.6. The zero-order chi connectivity index (χ0) is 12.7. The first-order chi connectivity index (χ1) is 8.11. The molecule has 1 heterocycles. The van der Waals surface area contributed by atoms with Crippen LogP contribution in [0.1, 0.15) is 20.3 Å². The van der Waals surface area contributed by atoms with Gasteiger partial charge in [-0.1, -0.05) is 0 Å². The average Bonchev–Trinajstić information content (AvgIpc) is 2.28. The number of pyridine rings is 1. The van der Waals surface area contributed by atoms with E-state index in [0.717, 1.165) is 6.42 Å². The molecule has 94 valence electrons. The van der Waals surface area contributed by atoms with Gasteiger partial charge in [-0.25, -0.2) is 4.98 Å². The predicted molar refractivity (Wildman–Crippen MR) is 65.1 cm³/mol. The molecule has 0 aliphatic heterocycles. The van der Waals surface area contributed by atoms with Crippen LogP contribution in [-0.4, -0.2) is 29.2 Å². The van der Waals surface area contributed by atoms with Gasteiger partial charge in [0.1, 0.15) is 0 Å². The Labute approximate surface area is 100 Å². The molecule has 1 aromatic heterocycles. The molecule has 0 fully saturated rings. The minimum absolute atomic E-state index is 0.00252. The minimum Gasteiger partial charge on any atom is -0.379 e. The number of nitrogens with one attached hydrogen (secondary N) is 1. The number of ether oxygens (including phenoxy) is 1. The van der Waals surface area contributed by atoms with Crippen molar-refractivity contribution in [3.05, 3.63) is 28.4 Å². The average molecular weight is 239 g/mol. The van der Waals surface area contributed by atoms with Gasteiger partial charge in [-0.3, -0.25) is 10.1 Å². The van der Waals surface area contributed by atoms with Gasteiger partial charge in [-0.2, -0.15) is 0 Å². The van der Waals surface area contributed by atoms with E-state index in [2.05, 4.69) is 10.3 Å². The molecule has 0 saturated carbocycles. The fraction of sp³-hybridized carbons (Fsp3) is 0.545. The van der Waals surface area contributed by atoms with Gasteiger partial charge in [-0.05, 0) is 26.3 Å². The molecule has 0 unspecified atom stereocenters. The Kier molecular flexibility index (Phi) is 5.35. The van der Waals surface area contributed by atoms with E-state index in [4.69, 9.17) is 4.74 Å². The highest BCUT2D eigenvalue weighted by molar-refractivity contribution is 5.54. The van der Waals surface area contributed by atoms with Crippen LogP contribution in [0.4, 0.5) is 11.5 Å². The lowest BCUT2D eigenvalue weighted by molar-refractivity contribution is -0.384. The van der Waals surface area contributed by atoms with E-state index in [1.54, 1.807) is 6.07 Å². The number of hydrogen-bond donors (Lipinski definition) is 1. The maximum Gasteiger partial charge on any atom is 0.311 e. The molecule has 1 N–H and O–H groups in total. The molecular weight excluding hydrogens is 222 g/mol. The van der Waals surface area contributed by atoms with Gasteiger partial charge in [0.15, 0.2) is 0 Å². The number of rotatable bonds is 7. The van der Waals surface area contributed by atoms with Gasteiger partial charge in [0.05, 0.1) is 11.0 Å². The molecule has 0 bridgehead atoms. The molecule has 0 spiro atoms. The smallest absolute Gasteiger partial charge is 0.311 e. The van der Waals surface area contributed by atoms with Crippen molar-refractivity contribution < 1.29 is 9.66 Å². The molecule has 6 nitrogen and oxygen atoms in total. The Hall–Kier alpha value is -1.69. The summed E-state index contributed by atoms with van der Waals surface area (Å²) >= 11 is 0. The molecule has 1 aromatic rings. The highest BCUT2D eigenvalue weighted by Crippen LogP contribution is 2.19. The van der Waals surface area contributed by atoms with Crippen molar-refractivity contribution in [1.82, 2.24) is 4.98 Å². The Morgan fingerprint density at radius 3 is 3.00 bits per heavy atom. The van der Waals surface area contributed by atoms with Crippen LogP contribution >= 0.6 is 0 Å². The molecule has 0 saturated heterocycles. The predicted octanol–water partition coefficient (Wildman–Crippen LogP) is 2.22. The second-order valence-electron chi connectivity index (χ2n) is 3.83. The van der Waals surface area contributed by atoms with Crippen LogP contribution < -0.4 is 5.32 Å². The van der Waals surface area contributed by atoms with Crippen LogP contribution in [0.5, 0.6) is 0 Å². The van der Waals surface area contributed by atoms with Gasteiger partial charge in [0, 0.05) is 25.4 Å². The Bertz CT molecular complexity index is 369. The van der Waals surface area contributed by atoms with E-state index in [-0.39, 0.29) is 11.8 Å². The van der Waals surface area contributed by atoms with Crippen LogP contribution in [0.2, 0.25) is 0 Å². The van der Waals surface area contributed by atoms with Gasteiger partial charge < -0.3 is 10.1 Å². The lowest BCUT2D eigenvalue weighted by Gasteiger charge is -2.08. The van der Waals surface area contributed by atoms with Crippen LogP contribution in [0.25, 0.3) is 0 Å². The number of anilines is 1. The number of nitro groups is 1. The van der Waals surface area contributed by atoms with E-state index in [1.807, 2.05) is 13.8 Å². The van der Waals surface area contributed by atoms with E-state index >= 15 is 0 Å². The lowest BCUT2D eigenvalue weighted by atomic mass is 10.3. The molecular formula is C11H17N3O3. The third-order valence-electron chi connectivity index (χ3n) is 2.05. The van der Waals surface area contributed by atoms with Crippen molar-refractivity contribution in [3.63, 3.8) is 0 Å². The summed E-state index contributed by atoms with van der Waals surface area (Å²) in [5, 5.41) is 13.6. The summed E-state index contributed by atoms with van der Waals surface area (Å²) in [7, 11) is 0. The largest absolute Gasteiger partial charge is 0.379 e. The molecule has 0 amide bonds. The van der Waals surface area contributed by atoms with E-state index in [1.165, 1.54) is 12.3 Å². The van der Waals surface area contributed by atoms with Gasteiger partial charge in [0.25, 0.3) is 0 Å². The molecule has 0 atom stereocenters. The number of nitrogens with zero attached hydrogens (tertiary/aromatic N) is 2. The van der Waals surface area contributed by atoms with Crippen LogP contribution in [-0.2, 0) is 4.74 Å². The fourth-order valence-corrected chi connectivity index (χ4v) is 1.28. The molecule has 1 rings (SSSR count). The molecule has 0 radical (unpaired) electrons. The summed E-state index contributed by atoms with van der Waals surface area (Å²) in [6.45, 7) is 5.17. The van der Waals surface area contributed by atoms with Gasteiger partial charge >= 0.3 is 5.69 Å². The molecule has 6 heteroatoms. The Balaban J connectivity index is 2.39. The maximum absolute atomic E-state index is 10.7. The second-order valence-corrected chi connectivity index (χ2v) is 3.83. The normalized spacial score (nSPS) is 10.5. The number of aromatic nitrogens is 1. The Morgan fingerprint density at radius 2 is 2.35 bits per heavy atom. The first-order valence-corrected chi connectivity index (χ1v) is 5.56. The third kappa shape index (κ3) is 4.78. The summed E-state index contributed by atoms with van der Waals surface area (Å²) in [6, 6.07) is 2.98. The first-order valence-electron chi connectivity index (χ1n) is 5.56. The highest BCUT2D eigenvalue weighted by Gasteiger charge is 2.12.